The summed E-state index contributed by atoms with van der Waals surface area (Å²) < 4.78 is 7.26. The first-order valence-electron chi connectivity index (χ1n) is 8.83. The topological polar surface area (TPSA) is 89.6 Å². The predicted molar refractivity (Wildman–Crippen MR) is 108 cm³/mol. The quantitative estimate of drug-likeness (QED) is 0.809. The van der Waals surface area contributed by atoms with Gasteiger partial charge >= 0.3 is 0 Å². The number of amides is 2. The standard InChI is InChI=1S/C19H26N4O3.ClH/c1-22(2)17(24)12-23-8-5-14-3-4-15(11-16(14)23)21-18(25)19(13-20)6-9-26-10-7-19;/h3-5,8,11H,6-7,9-10,12-13,20H2,1-2H3,(H,21,25);1H. The van der Waals surface area contributed by atoms with Gasteiger partial charge in [0, 0.05) is 45.7 Å². The third-order valence-corrected chi connectivity index (χ3v) is 5.16. The number of hydrogen-bond acceptors (Lipinski definition) is 4. The lowest BCUT2D eigenvalue weighted by atomic mass is 9.79. The van der Waals surface area contributed by atoms with Crippen molar-refractivity contribution in [3.8, 4) is 0 Å². The maximum Gasteiger partial charge on any atom is 0.241 e. The molecule has 0 saturated carbocycles. The van der Waals surface area contributed by atoms with E-state index < -0.39 is 5.41 Å². The molecule has 0 atom stereocenters. The van der Waals surface area contributed by atoms with Gasteiger partial charge in [-0.05, 0) is 36.4 Å². The van der Waals surface area contributed by atoms with Crippen LogP contribution < -0.4 is 11.1 Å². The number of rotatable bonds is 5. The van der Waals surface area contributed by atoms with Crippen LogP contribution in [0.5, 0.6) is 0 Å². The summed E-state index contributed by atoms with van der Waals surface area (Å²) in [5.74, 6) is -0.0497. The summed E-state index contributed by atoms with van der Waals surface area (Å²) >= 11 is 0. The zero-order chi connectivity index (χ0) is 18.7. The van der Waals surface area contributed by atoms with Crippen LogP contribution in [-0.4, -0.2) is 55.1 Å². The fourth-order valence-electron chi connectivity index (χ4n) is 3.24. The molecule has 1 aliphatic rings. The highest BCUT2D eigenvalue weighted by Gasteiger charge is 2.38. The van der Waals surface area contributed by atoms with Crippen LogP contribution >= 0.6 is 12.4 Å². The van der Waals surface area contributed by atoms with Gasteiger partial charge in [-0.25, -0.2) is 0 Å². The number of carbonyl (C=O) groups excluding carboxylic acids is 2. The Balaban J connectivity index is 0.00000261. The van der Waals surface area contributed by atoms with Crippen molar-refractivity contribution in [3.63, 3.8) is 0 Å². The lowest BCUT2D eigenvalue weighted by molar-refractivity contribution is -0.130. The average molecular weight is 395 g/mol. The molecule has 3 rings (SSSR count). The SMILES string of the molecule is CN(C)C(=O)Cn1ccc2ccc(NC(=O)C3(CN)CCOCC3)cc21.Cl. The number of carbonyl (C=O) groups is 2. The first-order valence-corrected chi connectivity index (χ1v) is 8.83. The molecule has 0 bridgehead atoms. The zero-order valence-corrected chi connectivity index (χ0v) is 16.6. The number of benzene rings is 1. The zero-order valence-electron chi connectivity index (χ0n) is 15.7. The fraction of sp³-hybridized carbons (Fsp3) is 0.474. The highest BCUT2D eigenvalue weighted by molar-refractivity contribution is 5.97. The van der Waals surface area contributed by atoms with Gasteiger partial charge in [-0.1, -0.05) is 6.07 Å². The highest BCUT2D eigenvalue weighted by Crippen LogP contribution is 2.31. The number of likely N-dealkylation sites (N-methyl/N-ethyl adjacent to an activating group) is 1. The van der Waals surface area contributed by atoms with Crippen molar-refractivity contribution in [3.05, 3.63) is 30.5 Å². The molecule has 0 unspecified atom stereocenters. The van der Waals surface area contributed by atoms with Crippen molar-refractivity contribution in [2.45, 2.75) is 19.4 Å². The van der Waals surface area contributed by atoms with Crippen molar-refractivity contribution < 1.29 is 14.3 Å². The van der Waals surface area contributed by atoms with Crippen LogP contribution in [-0.2, 0) is 20.9 Å². The number of nitrogens with one attached hydrogen (secondary N) is 1. The molecule has 1 aromatic heterocycles. The molecular weight excluding hydrogens is 368 g/mol. The Bertz CT molecular complexity index is 812. The third kappa shape index (κ3) is 4.43. The van der Waals surface area contributed by atoms with Crippen LogP contribution in [0.4, 0.5) is 5.69 Å². The summed E-state index contributed by atoms with van der Waals surface area (Å²) in [6.07, 6.45) is 3.15. The van der Waals surface area contributed by atoms with E-state index >= 15 is 0 Å². The maximum absolute atomic E-state index is 12.8. The van der Waals surface area contributed by atoms with E-state index in [-0.39, 0.29) is 30.8 Å². The molecule has 1 fully saturated rings. The van der Waals surface area contributed by atoms with E-state index in [0.717, 1.165) is 10.9 Å². The van der Waals surface area contributed by atoms with Crippen molar-refractivity contribution in [1.82, 2.24) is 9.47 Å². The van der Waals surface area contributed by atoms with Crippen LogP contribution in [0.3, 0.4) is 0 Å². The summed E-state index contributed by atoms with van der Waals surface area (Å²) in [5, 5.41) is 4.03. The average Bonchev–Trinajstić information content (AvgIpc) is 3.04. The van der Waals surface area contributed by atoms with E-state index in [2.05, 4.69) is 5.32 Å². The van der Waals surface area contributed by atoms with Gasteiger partial charge in [0.15, 0.2) is 0 Å². The number of hydrogen-bond donors (Lipinski definition) is 2. The molecule has 8 heteroatoms. The molecule has 0 radical (unpaired) electrons. The molecule has 1 aliphatic heterocycles. The van der Waals surface area contributed by atoms with E-state index in [1.54, 1.807) is 19.0 Å². The number of aromatic nitrogens is 1. The van der Waals surface area contributed by atoms with Gasteiger partial charge in [0.25, 0.3) is 0 Å². The molecule has 148 valence electrons. The van der Waals surface area contributed by atoms with Crippen molar-refractivity contribution in [1.29, 1.82) is 0 Å². The van der Waals surface area contributed by atoms with Gasteiger partial charge in [0.05, 0.1) is 10.9 Å². The number of halogens is 1. The Morgan fingerprint density at radius 1 is 1.26 bits per heavy atom. The van der Waals surface area contributed by atoms with Gasteiger partial charge < -0.3 is 25.3 Å². The van der Waals surface area contributed by atoms with Gasteiger partial charge in [-0.15, -0.1) is 12.4 Å². The predicted octanol–water partition coefficient (Wildman–Crippen LogP) is 1.85. The second kappa shape index (κ2) is 8.73. The molecule has 2 amide bonds. The van der Waals surface area contributed by atoms with E-state index in [9.17, 15) is 9.59 Å². The number of nitrogens with zero attached hydrogens (tertiary/aromatic N) is 2. The van der Waals surface area contributed by atoms with Gasteiger partial charge in [-0.3, -0.25) is 9.59 Å². The van der Waals surface area contributed by atoms with Crippen molar-refractivity contribution in [2.75, 3.05) is 39.2 Å². The first kappa shape index (κ1) is 21.2. The van der Waals surface area contributed by atoms with Gasteiger partial charge in [0.2, 0.25) is 11.8 Å². The largest absolute Gasteiger partial charge is 0.381 e. The summed E-state index contributed by atoms with van der Waals surface area (Å²) in [5.41, 5.74) is 6.95. The van der Waals surface area contributed by atoms with Crippen molar-refractivity contribution in [2.24, 2.45) is 11.1 Å². The lowest BCUT2D eigenvalue weighted by Gasteiger charge is -2.34. The molecular formula is C19H27ClN4O3. The lowest BCUT2D eigenvalue weighted by Crippen LogP contribution is -2.46. The maximum atomic E-state index is 12.8. The smallest absolute Gasteiger partial charge is 0.241 e. The number of fused-ring (bicyclic) bond motifs is 1. The Labute approximate surface area is 165 Å². The van der Waals surface area contributed by atoms with E-state index in [0.29, 0.717) is 38.3 Å². The molecule has 3 N–H and O–H groups in total. The van der Waals surface area contributed by atoms with Gasteiger partial charge in [0.1, 0.15) is 6.54 Å². The molecule has 2 heterocycles. The summed E-state index contributed by atoms with van der Waals surface area (Å²) in [7, 11) is 3.47. The summed E-state index contributed by atoms with van der Waals surface area (Å²) in [6, 6.07) is 7.69. The van der Waals surface area contributed by atoms with Crippen LogP contribution in [0.15, 0.2) is 30.5 Å². The van der Waals surface area contributed by atoms with E-state index in [1.165, 1.54) is 0 Å². The second-order valence-corrected chi connectivity index (χ2v) is 7.06. The summed E-state index contributed by atoms with van der Waals surface area (Å²) in [4.78, 5) is 26.4. The molecule has 0 aliphatic carbocycles. The normalized spacial score (nSPS) is 15.8. The van der Waals surface area contributed by atoms with Gasteiger partial charge in [-0.2, -0.15) is 0 Å². The van der Waals surface area contributed by atoms with Crippen LogP contribution in [0.1, 0.15) is 12.8 Å². The number of ether oxygens (including phenoxy) is 1. The third-order valence-electron chi connectivity index (χ3n) is 5.16. The Kier molecular flexibility index (Phi) is 6.86. The van der Waals surface area contributed by atoms with Crippen LogP contribution in [0.2, 0.25) is 0 Å². The van der Waals surface area contributed by atoms with E-state index in [4.69, 9.17) is 10.5 Å². The molecule has 0 spiro atoms. The Morgan fingerprint density at radius 2 is 1.96 bits per heavy atom. The Hall–Kier alpha value is -2.09. The first-order chi connectivity index (χ1) is 12.4. The minimum absolute atomic E-state index is 0. The minimum atomic E-state index is -0.573. The number of anilines is 1. The highest BCUT2D eigenvalue weighted by atomic mass is 35.5. The minimum Gasteiger partial charge on any atom is -0.381 e. The monoisotopic (exact) mass is 394 g/mol. The summed E-state index contributed by atoms with van der Waals surface area (Å²) in [6.45, 7) is 1.68. The van der Waals surface area contributed by atoms with Crippen molar-refractivity contribution >= 4 is 40.8 Å². The number of nitrogens with two attached hydrogens (primary N) is 1. The molecule has 27 heavy (non-hydrogen) atoms. The van der Waals surface area contributed by atoms with Crippen LogP contribution in [0, 0.1) is 5.41 Å². The molecule has 1 saturated heterocycles. The molecule has 2 aromatic rings. The fourth-order valence-corrected chi connectivity index (χ4v) is 3.24. The second-order valence-electron chi connectivity index (χ2n) is 7.06. The Morgan fingerprint density at radius 3 is 2.59 bits per heavy atom. The van der Waals surface area contributed by atoms with Crippen LogP contribution in [0.25, 0.3) is 10.9 Å². The molecule has 7 nitrogen and oxygen atoms in total. The molecule has 1 aromatic carbocycles. The van der Waals surface area contributed by atoms with E-state index in [1.807, 2.05) is 35.0 Å².